The molecule has 1 fully saturated rings. The van der Waals surface area contributed by atoms with E-state index in [1.54, 1.807) is 16.2 Å². The highest BCUT2D eigenvalue weighted by atomic mass is 19.4. The first-order chi connectivity index (χ1) is 9.44. The van der Waals surface area contributed by atoms with Gasteiger partial charge in [0, 0.05) is 6.20 Å². The standard InChI is InChI=1S/C11H16F3N5O/c12-11(13,14)7-16-10(20)18-8-5-17-19(6-8)9-1-3-15-4-2-9/h5-6,9,15H,1-4,7H2,(H2,16,18,20). The number of carbonyl (C=O) groups is 1. The predicted molar refractivity (Wildman–Crippen MR) is 66.4 cm³/mol. The lowest BCUT2D eigenvalue weighted by molar-refractivity contribution is -0.122. The summed E-state index contributed by atoms with van der Waals surface area (Å²) >= 11 is 0. The lowest BCUT2D eigenvalue weighted by Crippen LogP contribution is -2.36. The van der Waals surface area contributed by atoms with E-state index in [1.807, 2.05) is 0 Å². The molecule has 0 saturated carbocycles. The maximum Gasteiger partial charge on any atom is 0.405 e. The van der Waals surface area contributed by atoms with Gasteiger partial charge in [-0.3, -0.25) is 4.68 Å². The third-order valence-electron chi connectivity index (χ3n) is 2.99. The average Bonchev–Trinajstić information content (AvgIpc) is 2.85. The summed E-state index contributed by atoms with van der Waals surface area (Å²) in [5, 5.41) is 11.4. The van der Waals surface area contributed by atoms with Crippen molar-refractivity contribution in [1.29, 1.82) is 0 Å². The van der Waals surface area contributed by atoms with Crippen LogP contribution in [0.4, 0.5) is 23.7 Å². The van der Waals surface area contributed by atoms with Crippen LogP contribution in [0.1, 0.15) is 18.9 Å². The molecule has 1 saturated heterocycles. The number of carbonyl (C=O) groups excluding carboxylic acids is 1. The van der Waals surface area contributed by atoms with Crippen LogP contribution in [0.3, 0.4) is 0 Å². The number of anilines is 1. The van der Waals surface area contributed by atoms with Crippen molar-refractivity contribution in [2.45, 2.75) is 25.1 Å². The Morgan fingerprint density at radius 1 is 1.45 bits per heavy atom. The maximum atomic E-state index is 11.9. The molecular weight excluding hydrogens is 275 g/mol. The SMILES string of the molecule is O=C(NCC(F)(F)F)Nc1cnn(C2CCNCC2)c1. The van der Waals surface area contributed by atoms with E-state index in [0.717, 1.165) is 25.9 Å². The highest BCUT2D eigenvalue weighted by Gasteiger charge is 2.27. The van der Waals surface area contributed by atoms with Crippen LogP contribution < -0.4 is 16.0 Å². The van der Waals surface area contributed by atoms with Crippen molar-refractivity contribution >= 4 is 11.7 Å². The number of halogens is 3. The number of aromatic nitrogens is 2. The minimum absolute atomic E-state index is 0.255. The minimum Gasteiger partial charge on any atom is -0.329 e. The van der Waals surface area contributed by atoms with Crippen LogP contribution in [-0.2, 0) is 0 Å². The fourth-order valence-electron chi connectivity index (χ4n) is 2.03. The molecule has 0 atom stereocenters. The van der Waals surface area contributed by atoms with Gasteiger partial charge in [0.25, 0.3) is 0 Å². The van der Waals surface area contributed by atoms with Gasteiger partial charge in [-0.15, -0.1) is 0 Å². The second-order valence-corrected chi connectivity index (χ2v) is 4.61. The summed E-state index contributed by atoms with van der Waals surface area (Å²) in [6, 6.07) is -0.641. The maximum absolute atomic E-state index is 11.9. The second kappa shape index (κ2) is 6.12. The Hall–Kier alpha value is -1.77. The topological polar surface area (TPSA) is 71.0 Å². The smallest absolute Gasteiger partial charge is 0.329 e. The van der Waals surface area contributed by atoms with E-state index in [4.69, 9.17) is 0 Å². The second-order valence-electron chi connectivity index (χ2n) is 4.61. The van der Waals surface area contributed by atoms with Crippen molar-refractivity contribution < 1.29 is 18.0 Å². The Labute approximate surface area is 113 Å². The van der Waals surface area contributed by atoms with E-state index in [0.29, 0.717) is 5.69 Å². The molecule has 6 nitrogen and oxygen atoms in total. The number of urea groups is 1. The lowest BCUT2D eigenvalue weighted by Gasteiger charge is -2.22. The fourth-order valence-corrected chi connectivity index (χ4v) is 2.03. The van der Waals surface area contributed by atoms with E-state index in [9.17, 15) is 18.0 Å². The molecule has 2 amide bonds. The number of hydrogen-bond donors (Lipinski definition) is 3. The van der Waals surface area contributed by atoms with Crippen molar-refractivity contribution in [3.8, 4) is 0 Å². The zero-order valence-corrected chi connectivity index (χ0v) is 10.7. The molecule has 1 aromatic heterocycles. The number of piperidine rings is 1. The van der Waals surface area contributed by atoms with Crippen molar-refractivity contribution in [3.05, 3.63) is 12.4 Å². The Kier molecular flexibility index (Phi) is 4.48. The van der Waals surface area contributed by atoms with Crippen LogP contribution in [0.2, 0.25) is 0 Å². The Morgan fingerprint density at radius 2 is 2.15 bits per heavy atom. The van der Waals surface area contributed by atoms with E-state index < -0.39 is 18.8 Å². The van der Waals surface area contributed by atoms with E-state index in [-0.39, 0.29) is 6.04 Å². The van der Waals surface area contributed by atoms with Gasteiger partial charge in [-0.25, -0.2) is 4.79 Å². The average molecular weight is 291 g/mol. The first-order valence-electron chi connectivity index (χ1n) is 6.30. The zero-order valence-electron chi connectivity index (χ0n) is 10.7. The summed E-state index contributed by atoms with van der Waals surface area (Å²) in [4.78, 5) is 11.3. The molecule has 2 rings (SSSR count). The summed E-state index contributed by atoms with van der Waals surface area (Å²) in [5.41, 5.74) is 0.378. The molecule has 0 aromatic carbocycles. The fraction of sp³-hybridized carbons (Fsp3) is 0.636. The number of amides is 2. The summed E-state index contributed by atoms with van der Waals surface area (Å²) < 4.78 is 37.5. The highest BCUT2D eigenvalue weighted by Crippen LogP contribution is 2.19. The summed E-state index contributed by atoms with van der Waals surface area (Å²) in [6.45, 7) is 0.444. The van der Waals surface area contributed by atoms with Crippen molar-refractivity contribution in [2.24, 2.45) is 0 Å². The van der Waals surface area contributed by atoms with Gasteiger partial charge in [0.2, 0.25) is 0 Å². The van der Waals surface area contributed by atoms with Crippen LogP contribution in [0.25, 0.3) is 0 Å². The number of alkyl halides is 3. The molecule has 20 heavy (non-hydrogen) atoms. The molecule has 1 aliphatic heterocycles. The first-order valence-corrected chi connectivity index (χ1v) is 6.30. The molecule has 1 aromatic rings. The molecule has 0 unspecified atom stereocenters. The van der Waals surface area contributed by atoms with Crippen molar-refractivity contribution in [1.82, 2.24) is 20.4 Å². The molecule has 2 heterocycles. The first kappa shape index (κ1) is 14.6. The molecular formula is C11H16F3N5O. The van der Waals surface area contributed by atoms with E-state index in [2.05, 4.69) is 15.7 Å². The normalized spacial score (nSPS) is 16.9. The number of nitrogens with one attached hydrogen (secondary N) is 3. The van der Waals surface area contributed by atoms with Gasteiger partial charge in [-0.05, 0) is 25.9 Å². The molecule has 3 N–H and O–H groups in total. The molecule has 0 aliphatic carbocycles. The van der Waals surface area contributed by atoms with Gasteiger partial charge in [0.15, 0.2) is 0 Å². The predicted octanol–water partition coefficient (Wildman–Crippen LogP) is 1.49. The van der Waals surface area contributed by atoms with Gasteiger partial charge < -0.3 is 16.0 Å². The van der Waals surface area contributed by atoms with Gasteiger partial charge in [0.1, 0.15) is 6.54 Å². The summed E-state index contributed by atoms with van der Waals surface area (Å²) in [5.74, 6) is 0. The van der Waals surface area contributed by atoms with Crippen molar-refractivity contribution in [2.75, 3.05) is 25.0 Å². The van der Waals surface area contributed by atoms with Crippen LogP contribution >= 0.6 is 0 Å². The number of nitrogens with zero attached hydrogens (tertiary/aromatic N) is 2. The van der Waals surface area contributed by atoms with Gasteiger partial charge in [0.05, 0.1) is 17.9 Å². The number of hydrogen-bond acceptors (Lipinski definition) is 3. The highest BCUT2D eigenvalue weighted by molar-refractivity contribution is 5.88. The quantitative estimate of drug-likeness (QED) is 0.790. The van der Waals surface area contributed by atoms with Crippen LogP contribution in [0.5, 0.6) is 0 Å². The third kappa shape index (κ3) is 4.41. The van der Waals surface area contributed by atoms with E-state index >= 15 is 0 Å². The van der Waals surface area contributed by atoms with Crippen molar-refractivity contribution in [3.63, 3.8) is 0 Å². The molecule has 1 aliphatic rings. The Morgan fingerprint density at radius 3 is 2.80 bits per heavy atom. The largest absolute Gasteiger partial charge is 0.405 e. The summed E-state index contributed by atoms with van der Waals surface area (Å²) in [7, 11) is 0. The molecule has 0 spiro atoms. The molecule has 0 bridgehead atoms. The van der Waals surface area contributed by atoms with Crippen LogP contribution in [0.15, 0.2) is 12.4 Å². The third-order valence-corrected chi connectivity index (χ3v) is 2.99. The monoisotopic (exact) mass is 291 g/mol. The zero-order chi connectivity index (χ0) is 14.6. The van der Waals surface area contributed by atoms with Gasteiger partial charge >= 0.3 is 12.2 Å². The van der Waals surface area contributed by atoms with Gasteiger partial charge in [-0.1, -0.05) is 0 Å². The molecule has 112 valence electrons. The minimum atomic E-state index is -4.42. The molecule has 9 heteroatoms. The van der Waals surface area contributed by atoms with Gasteiger partial charge in [-0.2, -0.15) is 18.3 Å². The van der Waals surface area contributed by atoms with Crippen LogP contribution in [-0.4, -0.2) is 41.6 Å². The Balaban J connectivity index is 1.84. The van der Waals surface area contributed by atoms with Crippen LogP contribution in [0, 0.1) is 0 Å². The molecule has 0 radical (unpaired) electrons. The number of rotatable bonds is 3. The van der Waals surface area contributed by atoms with E-state index in [1.165, 1.54) is 6.20 Å². The lowest BCUT2D eigenvalue weighted by atomic mass is 10.1. The Bertz CT molecular complexity index is 453. The summed E-state index contributed by atoms with van der Waals surface area (Å²) in [6.07, 6.45) is 0.498.